The van der Waals surface area contributed by atoms with E-state index in [1.165, 1.54) is 0 Å². The molecule has 0 bridgehead atoms. The van der Waals surface area contributed by atoms with Gasteiger partial charge in [-0.05, 0) is 0 Å². The van der Waals surface area contributed by atoms with Gasteiger partial charge in [-0.3, -0.25) is 4.79 Å². The van der Waals surface area contributed by atoms with Crippen molar-refractivity contribution < 1.29 is 43.8 Å². The summed E-state index contributed by atoms with van der Waals surface area (Å²) >= 11 is 0. The minimum atomic E-state index is -1.54. The summed E-state index contributed by atoms with van der Waals surface area (Å²) in [4.78, 5) is 19.5. The molecule has 0 aromatic carbocycles. The predicted octanol–water partition coefficient (Wildman–Crippen LogP) is -5.46. The first kappa shape index (κ1) is 12.3. The molecule has 0 spiro atoms. The van der Waals surface area contributed by atoms with Gasteiger partial charge in [0.25, 0.3) is 0 Å². The molecule has 0 fully saturated rings. The number of hydrogen-bond donors (Lipinski definition) is 2. The second-order valence-corrected chi connectivity index (χ2v) is 1.52. The third-order valence-electron chi connectivity index (χ3n) is 0.697. The smallest absolute Gasteiger partial charge is 0.548 e. The van der Waals surface area contributed by atoms with E-state index in [2.05, 4.69) is 0 Å². The van der Waals surface area contributed by atoms with Crippen molar-refractivity contribution in [2.75, 3.05) is 0 Å². The Balaban J connectivity index is 0. The van der Waals surface area contributed by atoms with Crippen LogP contribution in [0.2, 0.25) is 0 Å². The Morgan fingerprint density at radius 3 is 2.10 bits per heavy atom. The van der Waals surface area contributed by atoms with E-state index in [9.17, 15) is 14.7 Å². The Hall–Kier alpha value is -0.370. The van der Waals surface area contributed by atoms with Crippen molar-refractivity contribution in [1.29, 1.82) is 0 Å². The zero-order valence-corrected chi connectivity index (χ0v) is 7.07. The summed E-state index contributed by atoms with van der Waals surface area (Å²) in [5.74, 6) is -2.79. The fourth-order valence-electron chi connectivity index (χ4n) is 0.271. The van der Waals surface area contributed by atoms with Crippen molar-refractivity contribution in [3.8, 4) is 0 Å². The Kier molecular flexibility index (Phi) is 6.67. The third-order valence-corrected chi connectivity index (χ3v) is 0.697. The summed E-state index contributed by atoms with van der Waals surface area (Å²) in [5, 5.41) is 17.7. The van der Waals surface area contributed by atoms with Crippen molar-refractivity contribution >= 4 is 11.9 Å². The summed E-state index contributed by atoms with van der Waals surface area (Å²) in [6.45, 7) is 0. The molecule has 0 aliphatic carbocycles. The lowest BCUT2D eigenvalue weighted by atomic mass is 10.2. The van der Waals surface area contributed by atoms with Crippen molar-refractivity contribution in [1.82, 2.24) is 0 Å². The van der Waals surface area contributed by atoms with Gasteiger partial charge in [0.15, 0.2) is 0 Å². The van der Waals surface area contributed by atoms with Gasteiger partial charge in [-0.15, -0.1) is 0 Å². The lowest BCUT2D eigenvalue weighted by Gasteiger charge is -2.07. The van der Waals surface area contributed by atoms with Crippen LogP contribution in [0, 0.1) is 0 Å². The van der Waals surface area contributed by atoms with Crippen molar-refractivity contribution in [3.63, 3.8) is 0 Å². The number of aliphatic carboxylic acids is 2. The molecule has 0 amide bonds. The molecule has 0 aliphatic rings. The van der Waals surface area contributed by atoms with E-state index in [1.54, 1.807) is 0 Å². The lowest BCUT2D eigenvalue weighted by Crippen LogP contribution is -3.00. The number of hydrogen-bond acceptors (Lipinski definition) is 4. The standard InChI is InChI=1S/C4H7NO4.I/c5-2(4(8)9)1-3(6)7;/h2H,1,5H2,(H,6,7)(H,8,9);/q;+1/p-1/t2-;/m0./s1. The molecule has 2 radical (unpaired) electrons. The first-order valence-corrected chi connectivity index (χ1v) is 2.22. The molecule has 0 rings (SSSR count). The highest BCUT2D eigenvalue weighted by Gasteiger charge is 2.07. The summed E-state index contributed by atoms with van der Waals surface area (Å²) < 4.78 is 0. The van der Waals surface area contributed by atoms with Gasteiger partial charge in [-0.1, -0.05) is 0 Å². The van der Waals surface area contributed by atoms with Crippen LogP contribution in [0.25, 0.3) is 0 Å². The van der Waals surface area contributed by atoms with Gasteiger partial charge in [0.1, 0.15) is 0 Å². The van der Waals surface area contributed by atoms with Crippen molar-refractivity contribution in [2.24, 2.45) is 5.73 Å². The molecule has 3 N–H and O–H groups in total. The largest absolute Gasteiger partial charge is 1.00 e. The molecule has 0 unspecified atom stereocenters. The highest BCUT2D eigenvalue weighted by molar-refractivity contribution is 5.78. The number of rotatable bonds is 3. The number of carbonyl (C=O) groups is 2. The predicted molar refractivity (Wildman–Crippen MR) is 25.2 cm³/mol. The first-order valence-electron chi connectivity index (χ1n) is 2.22. The van der Waals surface area contributed by atoms with Crippen LogP contribution in [0.5, 0.6) is 0 Å². The maximum Gasteiger partial charge on any atom is 1.00 e. The number of carboxylic acid groups (broad SMARTS) is 2. The molecule has 58 valence electrons. The highest BCUT2D eigenvalue weighted by atomic mass is 127. The average molecular weight is 259 g/mol. The number of halogens is 1. The Morgan fingerprint density at radius 1 is 1.60 bits per heavy atom. The second-order valence-electron chi connectivity index (χ2n) is 1.52. The van der Waals surface area contributed by atoms with Crippen LogP contribution in [0.1, 0.15) is 6.42 Å². The lowest BCUT2D eigenvalue weighted by molar-refractivity contribution is -0.307. The topological polar surface area (TPSA) is 103 Å². The fourth-order valence-corrected chi connectivity index (χ4v) is 0.271. The van der Waals surface area contributed by atoms with Crippen LogP contribution >= 0.6 is 0 Å². The SMILES string of the molecule is N[C@@H](CC(=O)O)C(=O)[O-].[I+]. The van der Waals surface area contributed by atoms with Crippen LogP contribution in [0.4, 0.5) is 0 Å². The molecular formula is C4H6INO4. The maximum atomic E-state index is 9.74. The zero-order valence-electron chi connectivity index (χ0n) is 4.91. The number of nitrogens with two attached hydrogens (primary N) is 1. The number of carboxylic acids is 2. The quantitative estimate of drug-likeness (QED) is 0.492. The van der Waals surface area contributed by atoms with E-state index in [4.69, 9.17) is 10.8 Å². The van der Waals surface area contributed by atoms with E-state index >= 15 is 0 Å². The molecule has 0 aromatic rings. The molecule has 0 saturated heterocycles. The molecule has 6 heteroatoms. The average Bonchev–Trinajstić information content (AvgIpc) is 1.63. The molecule has 5 nitrogen and oxygen atoms in total. The summed E-state index contributed by atoms with van der Waals surface area (Å²) in [6, 6.07) is -1.40. The van der Waals surface area contributed by atoms with Gasteiger partial charge in [-0.25, -0.2) is 0 Å². The highest BCUT2D eigenvalue weighted by Crippen LogP contribution is 1.83. The Morgan fingerprint density at radius 2 is 2.00 bits per heavy atom. The van der Waals surface area contributed by atoms with Gasteiger partial charge in [0.2, 0.25) is 0 Å². The van der Waals surface area contributed by atoms with Crippen LogP contribution in [0.15, 0.2) is 0 Å². The van der Waals surface area contributed by atoms with Gasteiger partial charge >= 0.3 is 29.9 Å². The Bertz CT molecular complexity index is 137. The van der Waals surface area contributed by atoms with Crippen molar-refractivity contribution in [2.45, 2.75) is 12.5 Å². The molecule has 0 saturated carbocycles. The van der Waals surface area contributed by atoms with Crippen LogP contribution in [-0.2, 0) is 9.59 Å². The summed E-state index contributed by atoms with van der Waals surface area (Å²) in [7, 11) is 0. The monoisotopic (exact) mass is 259 g/mol. The second kappa shape index (κ2) is 5.42. The normalized spacial score (nSPS) is 11.3. The van der Waals surface area contributed by atoms with E-state index in [1.807, 2.05) is 0 Å². The number of carbonyl (C=O) groups excluding carboxylic acids is 1. The van der Waals surface area contributed by atoms with E-state index in [0.717, 1.165) is 0 Å². The van der Waals surface area contributed by atoms with Gasteiger partial charge in [0.05, 0.1) is 18.4 Å². The van der Waals surface area contributed by atoms with E-state index in [0.29, 0.717) is 0 Å². The van der Waals surface area contributed by atoms with E-state index < -0.39 is 24.4 Å². The summed E-state index contributed by atoms with van der Waals surface area (Å²) in [6.07, 6.45) is -0.595. The van der Waals surface area contributed by atoms with Crippen LogP contribution in [-0.4, -0.2) is 23.1 Å². The molecule has 10 heavy (non-hydrogen) atoms. The zero-order chi connectivity index (χ0) is 7.44. The minimum Gasteiger partial charge on any atom is -0.548 e. The first-order chi connectivity index (χ1) is 4.04. The molecule has 0 heterocycles. The van der Waals surface area contributed by atoms with Gasteiger partial charge < -0.3 is 20.7 Å². The van der Waals surface area contributed by atoms with Gasteiger partial charge in [0, 0.05) is 0 Å². The Labute approximate surface area is 74.2 Å². The molecule has 0 aliphatic heterocycles. The van der Waals surface area contributed by atoms with Crippen molar-refractivity contribution in [3.05, 3.63) is 0 Å². The molecular weight excluding hydrogens is 253 g/mol. The van der Waals surface area contributed by atoms with Gasteiger partial charge in [-0.2, -0.15) is 0 Å². The fraction of sp³-hybridized carbons (Fsp3) is 0.500. The van der Waals surface area contributed by atoms with Crippen LogP contribution in [0.3, 0.4) is 0 Å². The molecule has 0 aromatic heterocycles. The van der Waals surface area contributed by atoms with Crippen LogP contribution < -0.4 is 34.8 Å². The van der Waals surface area contributed by atoms with E-state index in [-0.39, 0.29) is 24.0 Å². The maximum absolute atomic E-state index is 9.74. The minimum absolute atomic E-state index is 0. The third kappa shape index (κ3) is 5.76. The molecule has 1 atom stereocenters. The summed E-state index contributed by atoms with van der Waals surface area (Å²) in [5.41, 5.74) is 4.77.